The van der Waals surface area contributed by atoms with E-state index in [0.29, 0.717) is 4.57 Å². The molecule has 182 valence electrons. The zero-order valence-electron chi connectivity index (χ0n) is 18.0. The van der Waals surface area contributed by atoms with Gasteiger partial charge < -0.3 is 18.6 Å². The minimum atomic E-state index is -5.20. The second-order valence-corrected chi connectivity index (χ2v) is 7.16. The van der Waals surface area contributed by atoms with E-state index in [9.17, 15) is 32.3 Å². The van der Waals surface area contributed by atoms with E-state index in [-0.39, 0.29) is 24.4 Å². The van der Waals surface area contributed by atoms with Crippen LogP contribution in [0.1, 0.15) is 35.7 Å². The van der Waals surface area contributed by atoms with Crippen LogP contribution in [-0.4, -0.2) is 52.6 Å². The van der Waals surface area contributed by atoms with Crippen LogP contribution in [0.25, 0.3) is 0 Å². The number of alkyl halides is 3. The molecule has 3 atom stereocenters. The number of carbonyl (C=O) groups is 2. The number of nitrogens with zero attached hydrogens (tertiary/aromatic N) is 2. The van der Waals surface area contributed by atoms with Gasteiger partial charge in [-0.1, -0.05) is 5.92 Å². The zero-order chi connectivity index (χ0) is 25.0. The lowest BCUT2D eigenvalue weighted by atomic mass is 10.2. The number of hydrogen-bond acceptors (Lipinski definition) is 8. The second kappa shape index (κ2) is 10.1. The van der Waals surface area contributed by atoms with Gasteiger partial charge in [-0.2, -0.15) is 17.7 Å². The van der Waals surface area contributed by atoms with Crippen LogP contribution in [0, 0.1) is 18.8 Å². The molecule has 0 spiro atoms. The third kappa shape index (κ3) is 5.29. The fraction of sp³-hybridized carbons (Fsp3) is 0.429. The summed E-state index contributed by atoms with van der Waals surface area (Å²) in [5.74, 6) is 1.55. The van der Waals surface area contributed by atoms with Crippen LogP contribution >= 0.6 is 0 Å². The average Bonchev–Trinajstić information content (AvgIpc) is 3.44. The summed E-state index contributed by atoms with van der Waals surface area (Å²) >= 11 is 0. The van der Waals surface area contributed by atoms with Crippen molar-refractivity contribution in [3.63, 3.8) is 0 Å². The van der Waals surface area contributed by atoms with Crippen molar-refractivity contribution in [2.24, 2.45) is 0 Å². The Labute approximate surface area is 189 Å². The quantitative estimate of drug-likeness (QED) is 0.446. The van der Waals surface area contributed by atoms with Crippen LogP contribution in [0.4, 0.5) is 13.2 Å². The topological polar surface area (TPSA) is 119 Å². The fourth-order valence-electron chi connectivity index (χ4n) is 3.25. The van der Waals surface area contributed by atoms with Gasteiger partial charge in [-0.3, -0.25) is 14.2 Å². The van der Waals surface area contributed by atoms with Gasteiger partial charge in [-0.05, 0) is 26.0 Å². The normalized spacial score (nSPS) is 20.0. The third-order valence-electron chi connectivity index (χ3n) is 4.87. The van der Waals surface area contributed by atoms with Gasteiger partial charge in [-0.15, -0.1) is 5.92 Å². The summed E-state index contributed by atoms with van der Waals surface area (Å²) in [6, 6.07) is 2.68. The van der Waals surface area contributed by atoms with Crippen molar-refractivity contribution in [1.29, 1.82) is 0 Å². The summed E-state index contributed by atoms with van der Waals surface area (Å²) in [6.45, 7) is 2.02. The molecule has 0 aromatic carbocycles. The van der Waals surface area contributed by atoms with Crippen LogP contribution in [0.15, 0.2) is 38.6 Å². The Bertz CT molecular complexity index is 1230. The summed E-state index contributed by atoms with van der Waals surface area (Å²) in [5.41, 5.74) is -1.91. The Morgan fingerprint density at radius 2 is 2.03 bits per heavy atom. The second-order valence-electron chi connectivity index (χ2n) is 7.16. The molecular weight excluding hydrogens is 465 g/mol. The Kier molecular flexibility index (Phi) is 7.43. The standard InChI is InChI=1S/C21H19F3N2O8/c1-3-4-7-32-14-9-16(34-15(14)11-33-19(29)21(22,23)24)25-10-12(2)17(27)26(20(25)30)18(28)13-6-5-8-31-13/h5-6,8,10,14-16H,7,9,11H2,1-2H3/t14-,15+,16+/m0/s1. The highest BCUT2D eigenvalue weighted by Gasteiger charge is 2.44. The first-order valence-electron chi connectivity index (χ1n) is 9.88. The maximum absolute atomic E-state index is 13.0. The maximum Gasteiger partial charge on any atom is 0.490 e. The summed E-state index contributed by atoms with van der Waals surface area (Å²) in [6.07, 6.45) is -6.13. The first-order chi connectivity index (χ1) is 16.0. The van der Waals surface area contributed by atoms with Crippen LogP contribution < -0.4 is 11.2 Å². The predicted molar refractivity (Wildman–Crippen MR) is 107 cm³/mol. The fourth-order valence-corrected chi connectivity index (χ4v) is 3.25. The van der Waals surface area contributed by atoms with Gasteiger partial charge in [-0.25, -0.2) is 9.59 Å². The van der Waals surface area contributed by atoms with E-state index in [4.69, 9.17) is 13.9 Å². The molecule has 2 aromatic heterocycles. The van der Waals surface area contributed by atoms with Gasteiger partial charge in [0.1, 0.15) is 25.5 Å². The molecule has 0 amide bonds. The number of rotatable bonds is 6. The zero-order valence-corrected chi connectivity index (χ0v) is 18.0. The largest absolute Gasteiger partial charge is 0.490 e. The number of hydrogen-bond donors (Lipinski definition) is 0. The van der Waals surface area contributed by atoms with Gasteiger partial charge in [0.05, 0.1) is 12.4 Å². The van der Waals surface area contributed by atoms with Crippen molar-refractivity contribution < 1.29 is 41.4 Å². The highest BCUT2D eigenvalue weighted by molar-refractivity contribution is 5.93. The van der Waals surface area contributed by atoms with Crippen molar-refractivity contribution >= 4 is 11.9 Å². The molecular formula is C21H19F3N2O8. The smallest absolute Gasteiger partial charge is 0.459 e. The Morgan fingerprint density at radius 1 is 1.29 bits per heavy atom. The monoisotopic (exact) mass is 484 g/mol. The highest BCUT2D eigenvalue weighted by atomic mass is 19.4. The molecule has 3 rings (SSSR count). The van der Waals surface area contributed by atoms with E-state index >= 15 is 0 Å². The van der Waals surface area contributed by atoms with E-state index in [0.717, 1.165) is 10.8 Å². The molecule has 0 saturated carbocycles. The van der Waals surface area contributed by atoms with Gasteiger partial charge in [0.15, 0.2) is 5.76 Å². The number of ether oxygens (including phenoxy) is 3. The first kappa shape index (κ1) is 25.0. The van der Waals surface area contributed by atoms with Crippen LogP contribution in [0.3, 0.4) is 0 Å². The molecule has 1 saturated heterocycles. The molecule has 2 aromatic rings. The molecule has 1 fully saturated rings. The maximum atomic E-state index is 13.0. The number of halogens is 3. The van der Waals surface area contributed by atoms with E-state index in [1.165, 1.54) is 25.3 Å². The molecule has 3 heterocycles. The van der Waals surface area contributed by atoms with Gasteiger partial charge in [0, 0.05) is 18.2 Å². The number of furan rings is 1. The molecule has 1 aliphatic rings. The lowest BCUT2D eigenvalue weighted by Crippen LogP contribution is -2.45. The lowest BCUT2D eigenvalue weighted by Gasteiger charge is -2.19. The summed E-state index contributed by atoms with van der Waals surface area (Å²) in [5, 5.41) is 0. The highest BCUT2D eigenvalue weighted by Crippen LogP contribution is 2.30. The van der Waals surface area contributed by atoms with Gasteiger partial charge in [0.2, 0.25) is 0 Å². The van der Waals surface area contributed by atoms with Crippen molar-refractivity contribution in [2.45, 2.75) is 44.9 Å². The van der Waals surface area contributed by atoms with E-state index in [2.05, 4.69) is 16.6 Å². The minimum Gasteiger partial charge on any atom is -0.459 e. The molecule has 0 aliphatic carbocycles. The molecule has 0 bridgehead atoms. The summed E-state index contributed by atoms with van der Waals surface area (Å²) < 4.78 is 59.2. The molecule has 13 heteroatoms. The third-order valence-corrected chi connectivity index (χ3v) is 4.87. The average molecular weight is 484 g/mol. The molecule has 10 nitrogen and oxygen atoms in total. The molecule has 0 radical (unpaired) electrons. The molecule has 34 heavy (non-hydrogen) atoms. The Hall–Kier alpha value is -3.63. The number of esters is 1. The number of aryl methyl sites for hydroxylation is 1. The summed E-state index contributed by atoms with van der Waals surface area (Å²) in [7, 11) is 0. The van der Waals surface area contributed by atoms with Crippen molar-refractivity contribution in [2.75, 3.05) is 13.2 Å². The Balaban J connectivity index is 1.91. The molecule has 0 N–H and O–H groups in total. The van der Waals surface area contributed by atoms with Crippen molar-refractivity contribution in [3.8, 4) is 11.8 Å². The van der Waals surface area contributed by atoms with Crippen LogP contribution in [0.2, 0.25) is 0 Å². The van der Waals surface area contributed by atoms with Crippen LogP contribution in [0.5, 0.6) is 0 Å². The van der Waals surface area contributed by atoms with E-state index < -0.39 is 54.3 Å². The first-order valence-corrected chi connectivity index (χ1v) is 9.88. The van der Waals surface area contributed by atoms with E-state index in [1.807, 2.05) is 0 Å². The molecule has 1 aliphatic heterocycles. The van der Waals surface area contributed by atoms with Gasteiger partial charge in [0.25, 0.3) is 5.56 Å². The lowest BCUT2D eigenvalue weighted by molar-refractivity contribution is -0.204. The minimum absolute atomic E-state index is 0.0179. The van der Waals surface area contributed by atoms with Crippen molar-refractivity contribution in [1.82, 2.24) is 9.13 Å². The van der Waals surface area contributed by atoms with Crippen molar-refractivity contribution in [3.05, 3.63) is 56.8 Å². The predicted octanol–water partition coefficient (Wildman–Crippen LogP) is 1.40. The SMILES string of the molecule is CC#CCO[C@H]1C[C@H](n2cc(C)c(=O)n(C(=O)c3ccco3)c2=O)O[C@@H]1COC(=O)C(F)(F)F. The number of aromatic nitrogens is 2. The van der Waals surface area contributed by atoms with Crippen LogP contribution in [-0.2, 0) is 19.0 Å². The summed E-state index contributed by atoms with van der Waals surface area (Å²) in [4.78, 5) is 49.3. The van der Waals surface area contributed by atoms with Gasteiger partial charge >= 0.3 is 23.7 Å². The van der Waals surface area contributed by atoms with E-state index in [1.54, 1.807) is 6.92 Å². The molecule has 0 unspecified atom stereocenters. The number of carbonyl (C=O) groups excluding carboxylic acids is 2. The Morgan fingerprint density at radius 3 is 2.65 bits per heavy atom.